The van der Waals surface area contributed by atoms with Crippen molar-refractivity contribution in [3.8, 4) is 0 Å². The van der Waals surface area contributed by atoms with E-state index in [0.717, 1.165) is 48.3 Å². The van der Waals surface area contributed by atoms with Gasteiger partial charge in [-0.05, 0) is 68.6 Å². The number of benzene rings is 2. The third-order valence-electron chi connectivity index (χ3n) is 5.69. The molecule has 146 valence electrons. The molecule has 0 radical (unpaired) electrons. The van der Waals surface area contributed by atoms with E-state index in [0.29, 0.717) is 13.0 Å². The summed E-state index contributed by atoms with van der Waals surface area (Å²) >= 11 is 0. The van der Waals surface area contributed by atoms with Crippen molar-refractivity contribution in [1.82, 2.24) is 9.91 Å². The average molecular weight is 379 g/mol. The molecule has 0 bridgehead atoms. The van der Waals surface area contributed by atoms with E-state index in [9.17, 15) is 9.18 Å². The van der Waals surface area contributed by atoms with Crippen LogP contribution in [0, 0.1) is 19.7 Å². The molecule has 1 amide bonds. The van der Waals surface area contributed by atoms with E-state index in [-0.39, 0.29) is 17.8 Å². The number of hydrazone groups is 1. The minimum atomic E-state index is -0.268. The lowest BCUT2D eigenvalue weighted by atomic mass is 9.94. The Morgan fingerprint density at radius 1 is 1.11 bits per heavy atom. The molecular weight excluding hydrogens is 353 g/mol. The number of nitrogens with zero attached hydrogens (tertiary/aromatic N) is 3. The molecule has 5 heteroatoms. The van der Waals surface area contributed by atoms with Crippen LogP contribution in [-0.2, 0) is 4.79 Å². The molecule has 2 aromatic carbocycles. The Morgan fingerprint density at radius 2 is 1.82 bits per heavy atom. The summed E-state index contributed by atoms with van der Waals surface area (Å²) in [4.78, 5) is 15.3. The van der Waals surface area contributed by atoms with Crippen LogP contribution in [0.3, 0.4) is 0 Å². The molecule has 1 saturated heterocycles. The van der Waals surface area contributed by atoms with Gasteiger partial charge in [-0.15, -0.1) is 0 Å². The van der Waals surface area contributed by atoms with Crippen molar-refractivity contribution in [2.24, 2.45) is 5.10 Å². The Hall–Kier alpha value is -2.53. The van der Waals surface area contributed by atoms with Crippen LogP contribution >= 0.6 is 0 Å². The normalized spacial score (nSPS) is 19.9. The first-order chi connectivity index (χ1) is 13.5. The Morgan fingerprint density at radius 3 is 2.54 bits per heavy atom. The molecule has 0 spiro atoms. The van der Waals surface area contributed by atoms with Gasteiger partial charge >= 0.3 is 0 Å². The second-order valence-corrected chi connectivity index (χ2v) is 7.86. The number of carbonyl (C=O) groups excluding carboxylic acids is 1. The molecule has 1 atom stereocenters. The molecule has 1 unspecified atom stereocenters. The van der Waals surface area contributed by atoms with Crippen molar-refractivity contribution >= 4 is 11.6 Å². The largest absolute Gasteiger partial charge is 0.294 e. The first-order valence-corrected chi connectivity index (χ1v) is 9.96. The molecule has 4 nitrogen and oxygen atoms in total. The zero-order valence-electron chi connectivity index (χ0n) is 16.5. The smallest absolute Gasteiger partial charge is 0.257 e. The monoisotopic (exact) mass is 379 g/mol. The van der Waals surface area contributed by atoms with Gasteiger partial charge in [0.05, 0.1) is 18.3 Å². The minimum Gasteiger partial charge on any atom is -0.294 e. The highest BCUT2D eigenvalue weighted by atomic mass is 19.1. The van der Waals surface area contributed by atoms with Crippen LogP contribution in [0.1, 0.15) is 47.6 Å². The SMILES string of the molecule is Cc1ccc(C)c(C2CC(c3ccc(F)cc3)=NN2C(=O)CN2CCCC2)c1. The van der Waals surface area contributed by atoms with Gasteiger partial charge in [-0.3, -0.25) is 9.69 Å². The predicted octanol–water partition coefficient (Wildman–Crippen LogP) is 4.22. The highest BCUT2D eigenvalue weighted by Gasteiger charge is 2.34. The average Bonchev–Trinajstić information content (AvgIpc) is 3.34. The standard InChI is InChI=1S/C23H26FN3O/c1-16-5-6-17(2)20(13-16)22-14-21(18-7-9-19(24)10-8-18)25-27(22)23(28)15-26-11-3-4-12-26/h5-10,13,22H,3-4,11-12,14-15H2,1-2H3. The van der Waals surface area contributed by atoms with Gasteiger partial charge in [-0.2, -0.15) is 5.10 Å². The molecular formula is C23H26FN3O. The van der Waals surface area contributed by atoms with E-state index in [1.807, 2.05) is 0 Å². The summed E-state index contributed by atoms with van der Waals surface area (Å²) in [6.45, 7) is 6.50. The van der Waals surface area contributed by atoms with Gasteiger partial charge in [-0.1, -0.05) is 35.9 Å². The fourth-order valence-electron chi connectivity index (χ4n) is 4.12. The van der Waals surface area contributed by atoms with Gasteiger partial charge < -0.3 is 0 Å². The Bertz CT molecular complexity index is 901. The highest BCUT2D eigenvalue weighted by molar-refractivity contribution is 6.03. The Kier molecular flexibility index (Phi) is 5.27. The van der Waals surface area contributed by atoms with Gasteiger partial charge in [0.15, 0.2) is 0 Å². The minimum absolute atomic E-state index is 0.0323. The maximum absolute atomic E-state index is 13.3. The Balaban J connectivity index is 1.66. The molecule has 2 aliphatic rings. The molecule has 0 saturated carbocycles. The lowest BCUT2D eigenvalue weighted by molar-refractivity contribution is -0.134. The number of rotatable bonds is 4. The fourth-order valence-corrected chi connectivity index (χ4v) is 4.12. The molecule has 0 N–H and O–H groups in total. The first kappa shape index (κ1) is 18.8. The predicted molar refractivity (Wildman–Crippen MR) is 109 cm³/mol. The summed E-state index contributed by atoms with van der Waals surface area (Å²) in [6.07, 6.45) is 2.94. The molecule has 1 fully saturated rings. The number of likely N-dealkylation sites (tertiary alicyclic amines) is 1. The Labute approximate surface area is 165 Å². The summed E-state index contributed by atoms with van der Waals surface area (Å²) in [7, 11) is 0. The van der Waals surface area contributed by atoms with Crippen molar-refractivity contribution in [2.75, 3.05) is 19.6 Å². The van der Waals surface area contributed by atoms with Gasteiger partial charge in [-0.25, -0.2) is 9.40 Å². The van der Waals surface area contributed by atoms with Crippen LogP contribution in [0.2, 0.25) is 0 Å². The number of hydrogen-bond donors (Lipinski definition) is 0. The highest BCUT2D eigenvalue weighted by Crippen LogP contribution is 2.35. The number of halogens is 1. The van der Waals surface area contributed by atoms with Crippen molar-refractivity contribution < 1.29 is 9.18 Å². The van der Waals surface area contributed by atoms with E-state index < -0.39 is 0 Å². The van der Waals surface area contributed by atoms with Gasteiger partial charge in [0.2, 0.25) is 0 Å². The summed E-state index contributed by atoms with van der Waals surface area (Å²) in [5.41, 5.74) is 5.16. The van der Waals surface area contributed by atoms with E-state index >= 15 is 0 Å². The van der Waals surface area contributed by atoms with Crippen LogP contribution in [0.25, 0.3) is 0 Å². The molecule has 28 heavy (non-hydrogen) atoms. The van der Waals surface area contributed by atoms with Crippen molar-refractivity contribution in [3.63, 3.8) is 0 Å². The lowest BCUT2D eigenvalue weighted by Gasteiger charge is -2.25. The number of carbonyl (C=O) groups is 1. The number of amides is 1. The topological polar surface area (TPSA) is 35.9 Å². The van der Waals surface area contributed by atoms with Gasteiger partial charge in [0.25, 0.3) is 5.91 Å². The number of hydrogen-bond acceptors (Lipinski definition) is 3. The van der Waals surface area contributed by atoms with Crippen molar-refractivity contribution in [2.45, 2.75) is 39.2 Å². The van der Waals surface area contributed by atoms with Crippen LogP contribution in [-0.4, -0.2) is 41.2 Å². The second kappa shape index (κ2) is 7.84. The third-order valence-corrected chi connectivity index (χ3v) is 5.69. The summed E-state index contributed by atoms with van der Waals surface area (Å²) < 4.78 is 13.3. The van der Waals surface area contributed by atoms with E-state index in [1.54, 1.807) is 17.1 Å². The summed E-state index contributed by atoms with van der Waals surface area (Å²) in [6, 6.07) is 12.6. The lowest BCUT2D eigenvalue weighted by Crippen LogP contribution is -2.37. The van der Waals surface area contributed by atoms with Crippen LogP contribution in [0.5, 0.6) is 0 Å². The maximum Gasteiger partial charge on any atom is 0.257 e. The van der Waals surface area contributed by atoms with E-state index in [2.05, 4.69) is 36.9 Å². The molecule has 2 aliphatic heterocycles. The van der Waals surface area contributed by atoms with Crippen molar-refractivity contribution in [3.05, 3.63) is 70.5 Å². The molecule has 2 aromatic rings. The van der Waals surface area contributed by atoms with E-state index in [1.165, 1.54) is 17.7 Å². The maximum atomic E-state index is 13.3. The summed E-state index contributed by atoms with van der Waals surface area (Å²) in [5, 5.41) is 6.38. The fraction of sp³-hybridized carbons (Fsp3) is 0.391. The quantitative estimate of drug-likeness (QED) is 0.798. The molecule has 2 heterocycles. The van der Waals surface area contributed by atoms with Gasteiger partial charge in [0, 0.05) is 6.42 Å². The third kappa shape index (κ3) is 3.85. The van der Waals surface area contributed by atoms with Crippen molar-refractivity contribution in [1.29, 1.82) is 0 Å². The zero-order valence-corrected chi connectivity index (χ0v) is 16.5. The van der Waals surface area contributed by atoms with Crippen LogP contribution in [0.15, 0.2) is 47.6 Å². The first-order valence-electron chi connectivity index (χ1n) is 9.96. The zero-order chi connectivity index (χ0) is 19.7. The van der Waals surface area contributed by atoms with E-state index in [4.69, 9.17) is 5.10 Å². The number of aryl methyl sites for hydroxylation is 2. The second-order valence-electron chi connectivity index (χ2n) is 7.86. The molecule has 0 aromatic heterocycles. The van der Waals surface area contributed by atoms with Crippen LogP contribution < -0.4 is 0 Å². The molecule has 4 rings (SSSR count). The van der Waals surface area contributed by atoms with Crippen LogP contribution in [0.4, 0.5) is 4.39 Å². The van der Waals surface area contributed by atoms with Gasteiger partial charge in [0.1, 0.15) is 5.82 Å². The molecule has 0 aliphatic carbocycles. The summed E-state index contributed by atoms with van der Waals surface area (Å²) in [5.74, 6) is -0.236.